The van der Waals surface area contributed by atoms with E-state index in [-0.39, 0.29) is 6.04 Å². The molecule has 2 aromatic carbocycles. The maximum atomic E-state index is 12.2. The Hall–Kier alpha value is -2.04. The molecule has 1 amide bonds. The molecule has 0 aromatic heterocycles. The van der Waals surface area contributed by atoms with Gasteiger partial charge < -0.3 is 15.2 Å². The van der Waals surface area contributed by atoms with Crippen molar-refractivity contribution < 1.29 is 14.6 Å². The zero-order valence-electron chi connectivity index (χ0n) is 13.1. The molecule has 122 valence electrons. The number of aliphatic hydroxyl groups excluding tert-OH is 1. The summed E-state index contributed by atoms with van der Waals surface area (Å²) in [5, 5.41) is 13.7. The second-order valence-electron chi connectivity index (χ2n) is 5.51. The predicted molar refractivity (Wildman–Crippen MR) is 90.5 cm³/mol. The molecule has 0 aliphatic heterocycles. The zero-order valence-corrected chi connectivity index (χ0v) is 13.8. The van der Waals surface area contributed by atoms with Crippen molar-refractivity contribution in [1.82, 2.24) is 5.32 Å². The minimum absolute atomic E-state index is 0.0656. The van der Waals surface area contributed by atoms with Crippen LogP contribution in [0.2, 0.25) is 5.02 Å². The van der Waals surface area contributed by atoms with E-state index in [9.17, 15) is 9.90 Å². The van der Waals surface area contributed by atoms with E-state index in [2.05, 4.69) is 5.32 Å². The van der Waals surface area contributed by atoms with E-state index in [4.69, 9.17) is 16.3 Å². The Morgan fingerprint density at radius 2 is 1.70 bits per heavy atom. The highest BCUT2D eigenvalue weighted by atomic mass is 35.5. The molecule has 0 radical (unpaired) electrons. The normalized spacial score (nSPS) is 13.4. The lowest BCUT2D eigenvalue weighted by molar-refractivity contribution is -0.134. The number of carbonyl (C=O) groups excluding carboxylic acids is 1. The van der Waals surface area contributed by atoms with Gasteiger partial charge in [0.1, 0.15) is 5.75 Å². The van der Waals surface area contributed by atoms with E-state index in [1.807, 2.05) is 44.2 Å². The van der Waals surface area contributed by atoms with Gasteiger partial charge in [0.25, 0.3) is 5.91 Å². The molecule has 4 nitrogen and oxygen atoms in total. The molecule has 0 heterocycles. The maximum absolute atomic E-state index is 12.2. The number of rotatable bonds is 6. The second-order valence-corrected chi connectivity index (χ2v) is 5.95. The third kappa shape index (κ3) is 4.98. The van der Waals surface area contributed by atoms with E-state index < -0.39 is 18.1 Å². The molecule has 0 saturated carbocycles. The van der Waals surface area contributed by atoms with Gasteiger partial charge in [0.15, 0.2) is 12.2 Å². The van der Waals surface area contributed by atoms with Crippen molar-refractivity contribution in [2.45, 2.75) is 32.1 Å². The number of hydrogen-bond acceptors (Lipinski definition) is 3. The quantitative estimate of drug-likeness (QED) is 0.852. The first kappa shape index (κ1) is 17.3. The molecular formula is C18H20ClNO3. The van der Waals surface area contributed by atoms with Crippen molar-refractivity contribution in [2.24, 2.45) is 0 Å². The number of aliphatic hydroxyl groups is 1. The molecule has 2 rings (SSSR count). The third-order valence-corrected chi connectivity index (χ3v) is 3.44. The van der Waals surface area contributed by atoms with Gasteiger partial charge in [0.05, 0.1) is 0 Å². The van der Waals surface area contributed by atoms with Gasteiger partial charge in [-0.25, -0.2) is 0 Å². The fourth-order valence-corrected chi connectivity index (χ4v) is 2.25. The number of carbonyl (C=O) groups is 1. The van der Waals surface area contributed by atoms with Crippen LogP contribution in [-0.4, -0.2) is 23.2 Å². The molecule has 0 saturated heterocycles. The number of nitrogens with one attached hydrogen (secondary N) is 1. The largest absolute Gasteiger partial charge is 0.482 e. The van der Waals surface area contributed by atoms with Crippen molar-refractivity contribution >= 4 is 17.5 Å². The summed E-state index contributed by atoms with van der Waals surface area (Å²) in [6, 6.07) is 15.9. The Bertz CT molecular complexity index is 628. The Morgan fingerprint density at radius 1 is 1.09 bits per heavy atom. The standard InChI is InChI=1S/C18H20ClNO3/c1-12(2)20-18(22)16(21)17(13-6-4-3-5-7-13)23-15-10-8-14(19)9-11-15/h3-12,16-17,21H,1-2H3,(H,20,22). The maximum Gasteiger partial charge on any atom is 0.253 e. The molecular weight excluding hydrogens is 314 g/mol. The van der Waals surface area contributed by atoms with Gasteiger partial charge in [-0.15, -0.1) is 0 Å². The Morgan fingerprint density at radius 3 is 2.26 bits per heavy atom. The summed E-state index contributed by atoms with van der Waals surface area (Å²) in [6.07, 6.45) is -2.13. The van der Waals surface area contributed by atoms with Crippen molar-refractivity contribution in [1.29, 1.82) is 0 Å². The van der Waals surface area contributed by atoms with E-state index in [1.54, 1.807) is 24.3 Å². The monoisotopic (exact) mass is 333 g/mol. The average molecular weight is 334 g/mol. The van der Waals surface area contributed by atoms with Gasteiger partial charge >= 0.3 is 0 Å². The molecule has 23 heavy (non-hydrogen) atoms. The molecule has 0 fully saturated rings. The molecule has 2 atom stereocenters. The number of amides is 1. The summed E-state index contributed by atoms with van der Waals surface area (Å²) in [6.45, 7) is 3.67. The van der Waals surface area contributed by atoms with E-state index >= 15 is 0 Å². The van der Waals surface area contributed by atoms with Gasteiger partial charge in [-0.3, -0.25) is 4.79 Å². The minimum Gasteiger partial charge on any atom is -0.482 e. The van der Waals surface area contributed by atoms with Crippen LogP contribution in [0, 0.1) is 0 Å². The molecule has 2 aromatic rings. The van der Waals surface area contributed by atoms with Crippen LogP contribution in [-0.2, 0) is 4.79 Å². The van der Waals surface area contributed by atoms with E-state index in [1.165, 1.54) is 0 Å². The molecule has 0 aliphatic carbocycles. The summed E-state index contributed by atoms with van der Waals surface area (Å²) >= 11 is 5.87. The SMILES string of the molecule is CC(C)NC(=O)C(O)C(Oc1ccc(Cl)cc1)c1ccccc1. The number of halogens is 1. The minimum atomic E-state index is -1.32. The van der Waals surface area contributed by atoms with Gasteiger partial charge in [0.2, 0.25) is 0 Å². The average Bonchev–Trinajstić information content (AvgIpc) is 2.54. The summed E-state index contributed by atoms with van der Waals surface area (Å²) in [4.78, 5) is 12.2. The first-order valence-electron chi connectivity index (χ1n) is 7.43. The lowest BCUT2D eigenvalue weighted by Gasteiger charge is -2.25. The van der Waals surface area contributed by atoms with Crippen LogP contribution in [0.5, 0.6) is 5.75 Å². The van der Waals surface area contributed by atoms with E-state index in [0.29, 0.717) is 16.3 Å². The summed E-state index contributed by atoms with van der Waals surface area (Å²) in [7, 11) is 0. The van der Waals surface area contributed by atoms with Gasteiger partial charge in [0, 0.05) is 11.1 Å². The van der Waals surface area contributed by atoms with Crippen LogP contribution in [0.1, 0.15) is 25.5 Å². The van der Waals surface area contributed by atoms with E-state index in [0.717, 1.165) is 0 Å². The van der Waals surface area contributed by atoms with Crippen molar-refractivity contribution in [3.8, 4) is 5.75 Å². The van der Waals surface area contributed by atoms with Gasteiger partial charge in [-0.1, -0.05) is 41.9 Å². The third-order valence-electron chi connectivity index (χ3n) is 3.19. The van der Waals surface area contributed by atoms with Crippen molar-refractivity contribution in [3.63, 3.8) is 0 Å². The van der Waals surface area contributed by atoms with Crippen LogP contribution in [0.25, 0.3) is 0 Å². The van der Waals surface area contributed by atoms with Crippen molar-refractivity contribution in [3.05, 3.63) is 65.2 Å². The summed E-state index contributed by atoms with van der Waals surface area (Å²) in [5.41, 5.74) is 0.717. The highest BCUT2D eigenvalue weighted by molar-refractivity contribution is 6.30. The van der Waals surface area contributed by atoms with Crippen LogP contribution in [0.3, 0.4) is 0 Å². The first-order valence-corrected chi connectivity index (χ1v) is 7.81. The molecule has 0 aliphatic rings. The Labute approximate surface area is 141 Å². The smallest absolute Gasteiger partial charge is 0.253 e. The Balaban J connectivity index is 2.25. The molecule has 0 bridgehead atoms. The van der Waals surface area contributed by atoms with Gasteiger partial charge in [-0.05, 0) is 43.7 Å². The first-order chi connectivity index (χ1) is 11.0. The van der Waals surface area contributed by atoms with Crippen molar-refractivity contribution in [2.75, 3.05) is 0 Å². The lowest BCUT2D eigenvalue weighted by atomic mass is 10.0. The number of benzene rings is 2. The zero-order chi connectivity index (χ0) is 16.8. The summed E-state index contributed by atoms with van der Waals surface area (Å²) < 4.78 is 5.85. The lowest BCUT2D eigenvalue weighted by Crippen LogP contribution is -2.43. The fraction of sp³-hybridized carbons (Fsp3) is 0.278. The highest BCUT2D eigenvalue weighted by Gasteiger charge is 2.29. The predicted octanol–water partition coefficient (Wildman–Crippen LogP) is 3.35. The fourth-order valence-electron chi connectivity index (χ4n) is 2.12. The summed E-state index contributed by atoms with van der Waals surface area (Å²) in [5.74, 6) is 0.0578. The molecule has 2 N–H and O–H groups in total. The number of hydrogen-bond donors (Lipinski definition) is 2. The molecule has 0 spiro atoms. The molecule has 5 heteroatoms. The molecule has 2 unspecified atom stereocenters. The Kier molecular flexibility index (Phi) is 6.02. The second kappa shape index (κ2) is 7.99. The van der Waals surface area contributed by atoms with Crippen LogP contribution < -0.4 is 10.1 Å². The van der Waals surface area contributed by atoms with Crippen LogP contribution in [0.15, 0.2) is 54.6 Å². The highest BCUT2D eigenvalue weighted by Crippen LogP contribution is 2.26. The van der Waals surface area contributed by atoms with Gasteiger partial charge in [-0.2, -0.15) is 0 Å². The topological polar surface area (TPSA) is 58.6 Å². The number of ether oxygens (including phenoxy) is 1. The van der Waals surface area contributed by atoms with Crippen LogP contribution >= 0.6 is 11.6 Å². The van der Waals surface area contributed by atoms with Crippen LogP contribution in [0.4, 0.5) is 0 Å².